The van der Waals surface area contributed by atoms with Crippen LogP contribution in [0.4, 0.5) is 4.39 Å². The molecule has 3 fully saturated rings. The fourth-order valence-corrected chi connectivity index (χ4v) is 8.58. The highest BCUT2D eigenvalue weighted by Crippen LogP contribution is 2.70. The van der Waals surface area contributed by atoms with E-state index >= 15 is 4.39 Å². The Balaban J connectivity index is 1.59. The Labute approximate surface area is 212 Å². The van der Waals surface area contributed by atoms with Gasteiger partial charge in [0, 0.05) is 17.8 Å². The largest absolute Gasteiger partial charge is 0.458 e. The lowest BCUT2D eigenvalue weighted by molar-refractivity contribution is -0.153. The van der Waals surface area contributed by atoms with Crippen LogP contribution in [-0.2, 0) is 19.1 Å². The minimum Gasteiger partial charge on any atom is -0.458 e. The van der Waals surface area contributed by atoms with Crippen molar-refractivity contribution in [3.63, 3.8) is 0 Å². The molecule has 194 valence electrons. The van der Waals surface area contributed by atoms with E-state index in [-0.39, 0.29) is 48.3 Å². The highest BCUT2D eigenvalue weighted by Gasteiger charge is 2.71. The summed E-state index contributed by atoms with van der Waals surface area (Å²) in [6.07, 6.45) is 6.18. The van der Waals surface area contributed by atoms with Crippen molar-refractivity contribution < 1.29 is 28.6 Å². The van der Waals surface area contributed by atoms with Gasteiger partial charge in [0.05, 0.1) is 11.0 Å². The van der Waals surface area contributed by atoms with Crippen molar-refractivity contribution in [2.45, 2.75) is 89.8 Å². The zero-order chi connectivity index (χ0) is 25.8. The number of fused-ring (bicyclic) bond motifs is 5. The molecule has 0 radical (unpaired) electrons. The first-order valence-corrected chi connectivity index (χ1v) is 13.4. The summed E-state index contributed by atoms with van der Waals surface area (Å²) in [5.41, 5.74) is -1.24. The number of hydrogen-bond acceptors (Lipinski definition) is 5. The number of allylic oxidation sites excluding steroid dienone is 4. The van der Waals surface area contributed by atoms with Gasteiger partial charge in [0.25, 0.3) is 0 Å². The van der Waals surface area contributed by atoms with Crippen molar-refractivity contribution in [2.75, 3.05) is 6.61 Å². The summed E-state index contributed by atoms with van der Waals surface area (Å²) in [4.78, 5) is 36.3. The SMILES string of the molecule is CCCCCC(=O)OCC(=O)C1C(C)CC2C3CC(F)C4=CC(=O)C=CC4(C)C3(Cl)C(O)CC21C. The molecule has 4 aliphatic carbocycles. The quantitative estimate of drug-likeness (QED) is 0.293. The van der Waals surface area contributed by atoms with Gasteiger partial charge in [0.1, 0.15) is 12.8 Å². The number of aliphatic hydroxyl groups excluding tert-OH is 1. The van der Waals surface area contributed by atoms with Gasteiger partial charge in [-0.2, -0.15) is 0 Å². The smallest absolute Gasteiger partial charge is 0.306 e. The molecule has 9 atom stereocenters. The number of esters is 1. The summed E-state index contributed by atoms with van der Waals surface area (Å²) in [6, 6.07) is 0. The third-order valence-corrected chi connectivity index (χ3v) is 10.6. The average molecular weight is 509 g/mol. The zero-order valence-corrected chi connectivity index (χ0v) is 21.9. The molecule has 9 unspecified atom stereocenters. The number of ketones is 2. The highest BCUT2D eigenvalue weighted by atomic mass is 35.5. The first kappa shape index (κ1) is 26.5. The van der Waals surface area contributed by atoms with Crippen LogP contribution in [0.2, 0.25) is 0 Å². The molecular formula is C28H38ClFO5. The van der Waals surface area contributed by atoms with Gasteiger partial charge in [-0.1, -0.05) is 46.6 Å². The first-order chi connectivity index (χ1) is 16.4. The van der Waals surface area contributed by atoms with Gasteiger partial charge in [-0.15, -0.1) is 11.6 Å². The number of carbonyl (C=O) groups excluding carboxylic acids is 3. The van der Waals surface area contributed by atoms with E-state index in [9.17, 15) is 19.5 Å². The van der Waals surface area contributed by atoms with Crippen molar-refractivity contribution in [3.8, 4) is 0 Å². The van der Waals surface area contributed by atoms with E-state index in [0.717, 1.165) is 19.3 Å². The van der Waals surface area contributed by atoms with E-state index in [1.807, 2.05) is 20.8 Å². The summed E-state index contributed by atoms with van der Waals surface area (Å²) in [5.74, 6) is -1.62. The number of halogens is 2. The number of alkyl halides is 2. The molecule has 0 aromatic carbocycles. The second-order valence-corrected chi connectivity index (χ2v) is 12.3. The van der Waals surface area contributed by atoms with Gasteiger partial charge in [-0.05, 0) is 66.6 Å². The third-order valence-electron chi connectivity index (χ3n) is 9.68. The molecule has 3 saturated carbocycles. The summed E-state index contributed by atoms with van der Waals surface area (Å²) < 4.78 is 20.9. The molecule has 0 spiro atoms. The normalized spacial score (nSPS) is 44.2. The molecule has 1 N–H and O–H groups in total. The highest BCUT2D eigenvalue weighted by molar-refractivity contribution is 6.26. The van der Waals surface area contributed by atoms with Crippen LogP contribution in [0, 0.1) is 34.5 Å². The van der Waals surface area contributed by atoms with Crippen molar-refractivity contribution in [3.05, 3.63) is 23.8 Å². The van der Waals surface area contributed by atoms with Crippen molar-refractivity contribution >= 4 is 29.1 Å². The van der Waals surface area contributed by atoms with Crippen LogP contribution in [0.3, 0.4) is 0 Å². The topological polar surface area (TPSA) is 80.7 Å². The fraction of sp³-hybridized carbons (Fsp3) is 0.750. The number of carbonyl (C=O) groups is 3. The number of rotatable bonds is 7. The molecule has 4 aliphatic rings. The summed E-state index contributed by atoms with van der Waals surface area (Å²) >= 11 is 7.35. The maximum Gasteiger partial charge on any atom is 0.306 e. The van der Waals surface area contributed by atoms with Crippen LogP contribution in [0.25, 0.3) is 0 Å². The van der Waals surface area contributed by atoms with Crippen LogP contribution in [0.5, 0.6) is 0 Å². The average Bonchev–Trinajstić information content (AvgIpc) is 3.05. The minimum absolute atomic E-state index is 0.00575. The molecule has 0 bridgehead atoms. The maximum absolute atomic E-state index is 15.6. The monoisotopic (exact) mass is 508 g/mol. The van der Waals surface area contributed by atoms with Crippen LogP contribution < -0.4 is 0 Å². The Morgan fingerprint density at radius 1 is 1.23 bits per heavy atom. The lowest BCUT2D eigenvalue weighted by atomic mass is 9.46. The Morgan fingerprint density at radius 3 is 2.63 bits per heavy atom. The Morgan fingerprint density at radius 2 is 1.94 bits per heavy atom. The number of Topliss-reactive ketones (excluding diaryl/α,β-unsaturated/α-hetero) is 1. The van der Waals surface area contributed by atoms with E-state index in [2.05, 4.69) is 6.92 Å². The van der Waals surface area contributed by atoms with E-state index in [1.54, 1.807) is 6.08 Å². The second kappa shape index (κ2) is 9.41. The van der Waals surface area contributed by atoms with E-state index in [0.29, 0.717) is 24.8 Å². The van der Waals surface area contributed by atoms with Crippen molar-refractivity contribution in [1.82, 2.24) is 0 Å². The Kier molecular flexibility index (Phi) is 7.13. The van der Waals surface area contributed by atoms with Crippen LogP contribution in [0.1, 0.15) is 72.6 Å². The number of hydrogen-bond donors (Lipinski definition) is 1. The van der Waals surface area contributed by atoms with Gasteiger partial charge in [-0.3, -0.25) is 14.4 Å². The Hall–Kier alpha value is -1.53. The molecule has 4 rings (SSSR count). The number of ether oxygens (including phenoxy) is 1. The lowest BCUT2D eigenvalue weighted by Gasteiger charge is -2.63. The van der Waals surface area contributed by atoms with Gasteiger partial charge in [0.2, 0.25) is 0 Å². The van der Waals surface area contributed by atoms with Gasteiger partial charge in [0.15, 0.2) is 11.6 Å². The molecule has 7 heteroatoms. The van der Waals surface area contributed by atoms with Crippen LogP contribution in [0.15, 0.2) is 23.8 Å². The van der Waals surface area contributed by atoms with Gasteiger partial charge in [-0.25, -0.2) is 4.39 Å². The molecule has 0 aliphatic heterocycles. The van der Waals surface area contributed by atoms with Crippen LogP contribution in [-0.4, -0.2) is 46.4 Å². The molecule has 0 heterocycles. The summed E-state index contributed by atoms with van der Waals surface area (Å²) in [6.45, 7) is 7.63. The molecule has 5 nitrogen and oxygen atoms in total. The summed E-state index contributed by atoms with van der Waals surface area (Å²) in [7, 11) is 0. The van der Waals surface area contributed by atoms with Gasteiger partial charge >= 0.3 is 5.97 Å². The second-order valence-electron chi connectivity index (χ2n) is 11.7. The van der Waals surface area contributed by atoms with Crippen molar-refractivity contribution in [1.29, 1.82) is 0 Å². The summed E-state index contributed by atoms with van der Waals surface area (Å²) in [5, 5.41) is 11.6. The molecule has 35 heavy (non-hydrogen) atoms. The molecular weight excluding hydrogens is 471 g/mol. The maximum atomic E-state index is 15.6. The lowest BCUT2D eigenvalue weighted by Crippen LogP contribution is -2.67. The van der Waals surface area contributed by atoms with Crippen molar-refractivity contribution in [2.24, 2.45) is 34.5 Å². The molecule has 0 saturated heterocycles. The third kappa shape index (κ3) is 4.03. The molecule has 0 amide bonds. The minimum atomic E-state index is -1.34. The number of unbranched alkanes of at least 4 members (excludes halogenated alkanes) is 2. The van der Waals surface area contributed by atoms with E-state index in [1.165, 1.54) is 12.2 Å². The Bertz CT molecular complexity index is 961. The van der Waals surface area contributed by atoms with Gasteiger partial charge < -0.3 is 9.84 Å². The van der Waals surface area contributed by atoms with E-state index < -0.39 is 33.9 Å². The molecule has 0 aromatic rings. The van der Waals surface area contributed by atoms with Crippen LogP contribution >= 0.6 is 11.6 Å². The number of aliphatic hydroxyl groups is 1. The standard InChI is InChI=1S/C28H38ClFO5/c1-5-6-7-8-24(34)35-15-22(32)25-16(2)11-18-19-13-21(30)20-12-17(31)9-10-27(20,4)28(19,29)23(33)14-26(18,25)3/h9-10,12,16,18-19,21,23,25,33H,5-8,11,13-15H2,1-4H3. The zero-order valence-electron chi connectivity index (χ0n) is 21.2. The molecule has 0 aromatic heterocycles. The predicted molar refractivity (Wildman–Crippen MR) is 132 cm³/mol. The fourth-order valence-electron chi connectivity index (χ4n) is 8.09. The van der Waals surface area contributed by atoms with E-state index in [4.69, 9.17) is 16.3 Å². The first-order valence-electron chi connectivity index (χ1n) is 13.0. The predicted octanol–water partition coefficient (Wildman–Crippen LogP) is 5.13.